The number of aryl methyl sites for hydroxylation is 1. The number of carboxylic acid groups (broad SMARTS) is 1. The molecule has 5 aromatic rings. The van der Waals surface area contributed by atoms with Gasteiger partial charge in [-0.3, -0.25) is 14.4 Å². The number of thiazole rings is 1. The molecule has 0 bridgehead atoms. The average molecular weight is 671 g/mol. The van der Waals surface area contributed by atoms with E-state index in [1.54, 1.807) is 16.2 Å². The van der Waals surface area contributed by atoms with E-state index in [1.165, 1.54) is 7.11 Å². The molecule has 1 amide bonds. The first-order valence-electron chi connectivity index (χ1n) is 16.1. The van der Waals surface area contributed by atoms with Gasteiger partial charge in [0.2, 0.25) is 0 Å². The highest BCUT2D eigenvalue weighted by atomic mass is 35.5. The summed E-state index contributed by atoms with van der Waals surface area (Å²) in [5, 5.41) is 16.4. The Balaban J connectivity index is 1.14. The highest BCUT2D eigenvalue weighted by Crippen LogP contribution is 2.43. The second-order valence-electron chi connectivity index (χ2n) is 13.0. The van der Waals surface area contributed by atoms with Crippen molar-refractivity contribution in [2.75, 3.05) is 33.3 Å². The molecule has 0 atom stereocenters. The normalized spacial score (nSPS) is 17.8. The molecule has 2 aliphatic heterocycles. The molecule has 5 heterocycles. The molecule has 8 rings (SSSR count). The van der Waals surface area contributed by atoms with Crippen LogP contribution in [0.1, 0.15) is 54.5 Å². The Morgan fingerprint density at radius 2 is 1.77 bits per heavy atom. The monoisotopic (exact) mass is 670 g/mol. The van der Waals surface area contributed by atoms with Gasteiger partial charge in [0, 0.05) is 35.6 Å². The molecule has 2 aromatic carbocycles. The van der Waals surface area contributed by atoms with Crippen molar-refractivity contribution in [1.29, 1.82) is 0 Å². The predicted molar refractivity (Wildman–Crippen MR) is 182 cm³/mol. The number of hydrogen-bond acceptors (Lipinski definition) is 8. The molecule has 47 heavy (non-hydrogen) atoms. The summed E-state index contributed by atoms with van der Waals surface area (Å²) in [6, 6.07) is 14.5. The molecule has 10 nitrogen and oxygen atoms in total. The largest absolute Gasteiger partial charge is 0.481 e. The van der Waals surface area contributed by atoms with Crippen LogP contribution in [0, 0.1) is 6.92 Å². The lowest BCUT2D eigenvalue weighted by Crippen LogP contribution is -2.62. The van der Waals surface area contributed by atoms with Gasteiger partial charge in [-0.15, -0.1) is 11.3 Å². The maximum Gasteiger partial charge on any atom is 0.409 e. The van der Waals surface area contributed by atoms with Crippen molar-refractivity contribution in [3.63, 3.8) is 0 Å². The van der Waals surface area contributed by atoms with Gasteiger partial charge in [-0.2, -0.15) is 5.10 Å². The number of amides is 1. The molecule has 3 aromatic heterocycles. The number of carboxylic acids is 1. The zero-order valence-electron chi connectivity index (χ0n) is 26.3. The van der Waals surface area contributed by atoms with Crippen LogP contribution in [0.15, 0.2) is 42.5 Å². The summed E-state index contributed by atoms with van der Waals surface area (Å²) in [5.41, 5.74) is 8.19. The first kappa shape index (κ1) is 30.3. The summed E-state index contributed by atoms with van der Waals surface area (Å²) < 4.78 is 7.99. The fourth-order valence-electron chi connectivity index (χ4n) is 7.18. The minimum Gasteiger partial charge on any atom is -0.481 e. The molecule has 0 spiro atoms. The van der Waals surface area contributed by atoms with E-state index in [-0.39, 0.29) is 12.5 Å². The van der Waals surface area contributed by atoms with Crippen LogP contribution in [0.4, 0.5) is 4.79 Å². The van der Waals surface area contributed by atoms with Crippen LogP contribution >= 0.6 is 22.9 Å². The third-order valence-corrected chi connectivity index (χ3v) is 11.3. The molecule has 1 N–H and O–H groups in total. The third-order valence-electron chi connectivity index (χ3n) is 9.89. The van der Waals surface area contributed by atoms with Crippen molar-refractivity contribution in [2.45, 2.75) is 57.0 Å². The van der Waals surface area contributed by atoms with Crippen LogP contribution in [-0.4, -0.2) is 86.0 Å². The summed E-state index contributed by atoms with van der Waals surface area (Å²) in [4.78, 5) is 38.3. The highest BCUT2D eigenvalue weighted by Gasteiger charge is 2.38. The number of rotatable bonds is 7. The molecule has 242 valence electrons. The van der Waals surface area contributed by atoms with Crippen LogP contribution in [0.25, 0.3) is 43.1 Å². The van der Waals surface area contributed by atoms with Gasteiger partial charge in [-0.05, 0) is 92.7 Å². The van der Waals surface area contributed by atoms with Gasteiger partial charge in [0.1, 0.15) is 10.5 Å². The number of carbonyl (C=O) groups is 2. The summed E-state index contributed by atoms with van der Waals surface area (Å²) in [7, 11) is 1.43. The van der Waals surface area contributed by atoms with Gasteiger partial charge in [0.05, 0.1) is 46.7 Å². The maximum absolute atomic E-state index is 11.9. The summed E-state index contributed by atoms with van der Waals surface area (Å²) in [6.07, 6.45) is 3.93. The minimum absolute atomic E-state index is 0.0794. The van der Waals surface area contributed by atoms with E-state index in [1.807, 2.05) is 43.3 Å². The molecular weight excluding hydrogens is 636 g/mol. The highest BCUT2D eigenvalue weighted by molar-refractivity contribution is 7.22. The van der Waals surface area contributed by atoms with E-state index in [9.17, 15) is 14.7 Å². The first-order chi connectivity index (χ1) is 22.8. The van der Waals surface area contributed by atoms with Gasteiger partial charge in [0.25, 0.3) is 0 Å². The maximum atomic E-state index is 11.9. The number of carbonyl (C=O) groups excluding carboxylic acids is 1. The van der Waals surface area contributed by atoms with Crippen molar-refractivity contribution in [3.05, 3.63) is 64.3 Å². The van der Waals surface area contributed by atoms with E-state index in [0.717, 1.165) is 112 Å². The van der Waals surface area contributed by atoms with E-state index in [2.05, 4.69) is 15.6 Å². The Morgan fingerprint density at radius 1 is 1.02 bits per heavy atom. The molecule has 3 aliphatic rings. The lowest BCUT2D eigenvalue weighted by molar-refractivity contribution is -0.136. The zero-order valence-corrected chi connectivity index (χ0v) is 27.9. The topological polar surface area (TPSA) is 114 Å². The van der Waals surface area contributed by atoms with E-state index >= 15 is 0 Å². The van der Waals surface area contributed by atoms with E-state index in [4.69, 9.17) is 31.4 Å². The van der Waals surface area contributed by atoms with Crippen LogP contribution in [0.3, 0.4) is 0 Å². The van der Waals surface area contributed by atoms with Gasteiger partial charge in [-0.1, -0.05) is 23.7 Å². The lowest BCUT2D eigenvalue weighted by atomic mass is 9.91. The van der Waals surface area contributed by atoms with Crippen molar-refractivity contribution in [3.8, 4) is 21.8 Å². The van der Waals surface area contributed by atoms with E-state index < -0.39 is 5.97 Å². The van der Waals surface area contributed by atoms with Gasteiger partial charge < -0.3 is 14.7 Å². The summed E-state index contributed by atoms with van der Waals surface area (Å²) in [6.45, 7) is 5.32. The molecule has 0 radical (unpaired) electrons. The number of piperidine rings is 1. The fourth-order valence-corrected chi connectivity index (χ4v) is 8.42. The number of aliphatic carboxylic acids is 1. The Bertz CT molecular complexity index is 2020. The van der Waals surface area contributed by atoms with Crippen LogP contribution in [0.2, 0.25) is 5.02 Å². The molecule has 1 saturated carbocycles. The first-order valence-corrected chi connectivity index (χ1v) is 17.3. The van der Waals surface area contributed by atoms with Crippen molar-refractivity contribution in [1.82, 2.24) is 29.5 Å². The molecule has 12 heteroatoms. The van der Waals surface area contributed by atoms with Crippen molar-refractivity contribution >= 4 is 56.3 Å². The number of aromatic nitrogens is 4. The smallest absolute Gasteiger partial charge is 0.409 e. The molecule has 2 saturated heterocycles. The van der Waals surface area contributed by atoms with Crippen LogP contribution < -0.4 is 0 Å². The molecular formula is C35H35ClN6O4S. The fraction of sp³-hybridized carbons (Fsp3) is 0.400. The number of nitrogens with zero attached hydrogens (tertiary/aromatic N) is 6. The third kappa shape index (κ3) is 5.54. The van der Waals surface area contributed by atoms with E-state index in [0.29, 0.717) is 23.0 Å². The lowest BCUT2D eigenvalue weighted by Gasteiger charge is -2.46. The molecule has 1 aliphatic carbocycles. The number of pyridine rings is 1. The van der Waals surface area contributed by atoms with Crippen molar-refractivity contribution in [2.24, 2.45) is 0 Å². The number of ether oxygens (including phenoxy) is 1. The summed E-state index contributed by atoms with van der Waals surface area (Å²) in [5.74, 6) is -0.567. The minimum atomic E-state index is -0.874. The quantitative estimate of drug-likeness (QED) is 0.198. The van der Waals surface area contributed by atoms with Gasteiger partial charge in [-0.25, -0.2) is 14.8 Å². The second kappa shape index (κ2) is 11.9. The molecule has 0 unspecified atom stereocenters. The van der Waals surface area contributed by atoms with Crippen LogP contribution in [0.5, 0.6) is 0 Å². The van der Waals surface area contributed by atoms with Crippen LogP contribution in [-0.2, 0) is 16.0 Å². The van der Waals surface area contributed by atoms with Crippen molar-refractivity contribution < 1.29 is 19.4 Å². The standard InChI is InChI=1S/C35H35ClN6O4S/c1-19-15-27-33(30(25(19)16-29(43)44)20-3-5-22(36)6-4-20)47-34(38-27)26-9-10-28-32(37-26)31(39-42(28)23-7-8-23)21-11-13-40(14-12-21)24-17-41(18-24)35(45)46-2/h3-6,9-10,15,21,23-24H,7-8,11-14,16-18H2,1-2H3,(H,43,44). The number of fused-ring (bicyclic) bond motifs is 2. The number of benzene rings is 2. The Morgan fingerprint density at radius 3 is 2.45 bits per heavy atom. The Kier molecular flexibility index (Phi) is 7.65. The Labute approximate surface area is 280 Å². The van der Waals surface area contributed by atoms with Gasteiger partial charge in [0.15, 0.2) is 0 Å². The number of methoxy groups -OCH3 is 1. The second-order valence-corrected chi connectivity index (χ2v) is 14.4. The molecule has 3 fully saturated rings. The SMILES string of the molecule is COC(=O)N1CC(N2CCC(c3nn(C4CC4)c4ccc(-c5nc6cc(C)c(CC(=O)O)c(-c7ccc(Cl)cc7)c6s5)nc34)CC2)C1. The van der Waals surface area contributed by atoms with Gasteiger partial charge >= 0.3 is 12.1 Å². The Hall–Kier alpha value is -4.06. The summed E-state index contributed by atoms with van der Waals surface area (Å²) >= 11 is 7.76. The number of hydrogen-bond donors (Lipinski definition) is 1. The zero-order chi connectivity index (χ0) is 32.4. The number of halogens is 1. The predicted octanol–water partition coefficient (Wildman–Crippen LogP) is 6.93. The number of likely N-dealkylation sites (tertiary alicyclic amines) is 2. The average Bonchev–Trinajstić information content (AvgIpc) is 3.69.